The zero-order chi connectivity index (χ0) is 35.6. The lowest BCUT2D eigenvalue weighted by atomic mass is 10.1. The molecule has 4 amide bonds. The average molecular weight is 673 g/mol. The van der Waals surface area contributed by atoms with Crippen LogP contribution in [0.2, 0.25) is 0 Å². The smallest absolute Gasteiger partial charge is 0.326 e. The highest BCUT2D eigenvalue weighted by molar-refractivity contribution is 5.93. The van der Waals surface area contributed by atoms with Gasteiger partial charge in [-0.15, -0.1) is 5.10 Å². The van der Waals surface area contributed by atoms with Crippen molar-refractivity contribution in [1.29, 1.82) is 0 Å². The number of nitrogens with one attached hydrogen (secondary N) is 4. The quantitative estimate of drug-likeness (QED) is 0.0804. The highest BCUT2D eigenvalue weighted by Gasteiger charge is 2.29. The van der Waals surface area contributed by atoms with Crippen LogP contribution in [0, 0.1) is 6.92 Å². The molecular weight excluding hydrogens is 624 g/mol. The molecule has 0 fully saturated rings. The summed E-state index contributed by atoms with van der Waals surface area (Å²) < 4.78 is 1.67. The second kappa shape index (κ2) is 20.4. The Kier molecular flexibility index (Phi) is 16.7. The summed E-state index contributed by atoms with van der Waals surface area (Å²) in [4.78, 5) is 73.4. The molecule has 1 heterocycles. The molecule has 1 aromatic carbocycles. The van der Waals surface area contributed by atoms with Gasteiger partial charge in [0.05, 0.1) is 12.1 Å². The predicted octanol–water partition coefficient (Wildman–Crippen LogP) is 0.557. The molecule has 2 rings (SSSR count). The molecule has 1 aromatic heterocycles. The first-order valence-corrected chi connectivity index (χ1v) is 16.0. The van der Waals surface area contributed by atoms with E-state index in [-0.39, 0.29) is 19.3 Å². The van der Waals surface area contributed by atoms with Gasteiger partial charge in [-0.2, -0.15) is 0 Å². The van der Waals surface area contributed by atoms with Gasteiger partial charge in [0.25, 0.3) is 0 Å². The number of aliphatic carboxylic acids is 2. The van der Waals surface area contributed by atoms with Gasteiger partial charge in [-0.3, -0.25) is 28.7 Å². The van der Waals surface area contributed by atoms with Gasteiger partial charge in [-0.05, 0) is 51.0 Å². The molecule has 0 radical (unpaired) electrons. The number of nitrogens with zero attached hydrogens (tertiary/aromatic N) is 3. The zero-order valence-electron chi connectivity index (χ0n) is 27.7. The molecule has 0 aliphatic carbocycles. The first-order valence-electron chi connectivity index (χ1n) is 16.0. The molecule has 2 aromatic rings. The summed E-state index contributed by atoms with van der Waals surface area (Å²) >= 11 is 0. The lowest BCUT2D eigenvalue weighted by molar-refractivity contribution is -0.144. The Balaban J connectivity index is 1.88. The molecule has 48 heavy (non-hydrogen) atoms. The van der Waals surface area contributed by atoms with Crippen LogP contribution in [0.3, 0.4) is 0 Å². The Hall–Kier alpha value is -4.86. The first-order chi connectivity index (χ1) is 22.7. The number of primary amides is 1. The molecule has 0 aliphatic heterocycles. The standard InChI is InChI=1S/C32H48N8O8/c1-20(2)34-18-23-19-40(39-38-23)16-5-4-8-24(30(33)45)35-28(42)17-26(32(47)48)37-31(46)25(14-15-29(43)44)36-27(41)9-6-7-22-12-10-21(3)11-13-22/h10-13,19-20,24-26,34H,4-9,14-18H2,1-3H3,(H2,33,45)(H,35,42)(H,36,41)(H,37,46)(H,43,44)(H,47,48). The number of carboxylic acids is 2. The number of nitrogens with two attached hydrogens (primary N) is 1. The van der Waals surface area contributed by atoms with Gasteiger partial charge in [0, 0.05) is 38.2 Å². The number of hydrogen-bond acceptors (Lipinski definition) is 9. The Morgan fingerprint density at radius 3 is 2.17 bits per heavy atom. The van der Waals surface area contributed by atoms with E-state index in [2.05, 4.69) is 31.6 Å². The third kappa shape index (κ3) is 15.6. The predicted molar refractivity (Wildman–Crippen MR) is 174 cm³/mol. The minimum Gasteiger partial charge on any atom is -0.481 e. The maximum absolute atomic E-state index is 13.0. The normalized spacial score (nSPS) is 12.9. The number of aryl methyl sites for hydroxylation is 3. The Morgan fingerprint density at radius 1 is 0.854 bits per heavy atom. The Morgan fingerprint density at radius 2 is 1.54 bits per heavy atom. The van der Waals surface area contributed by atoms with Crippen molar-refractivity contribution in [3.8, 4) is 0 Å². The second-order valence-electron chi connectivity index (χ2n) is 12.0. The minimum absolute atomic E-state index is 0.0552. The second-order valence-corrected chi connectivity index (χ2v) is 12.0. The molecule has 3 atom stereocenters. The fourth-order valence-electron chi connectivity index (χ4n) is 4.67. The van der Waals surface area contributed by atoms with Gasteiger partial charge >= 0.3 is 11.9 Å². The molecule has 3 unspecified atom stereocenters. The topological polar surface area (TPSA) is 248 Å². The largest absolute Gasteiger partial charge is 0.481 e. The van der Waals surface area contributed by atoms with Crippen LogP contribution in [0.25, 0.3) is 0 Å². The molecule has 0 saturated heterocycles. The lowest BCUT2D eigenvalue weighted by Crippen LogP contribution is -2.53. The van der Waals surface area contributed by atoms with E-state index in [1.54, 1.807) is 4.68 Å². The molecule has 16 heteroatoms. The number of carbonyl (C=O) groups excluding carboxylic acids is 4. The van der Waals surface area contributed by atoms with Gasteiger partial charge < -0.3 is 37.2 Å². The molecular formula is C32H48N8O8. The van der Waals surface area contributed by atoms with E-state index in [1.165, 1.54) is 0 Å². The summed E-state index contributed by atoms with van der Waals surface area (Å²) in [5.41, 5.74) is 8.39. The van der Waals surface area contributed by atoms with E-state index < -0.39 is 66.5 Å². The summed E-state index contributed by atoms with van der Waals surface area (Å²) in [5, 5.41) is 37.3. The first kappa shape index (κ1) is 39.3. The fourth-order valence-corrected chi connectivity index (χ4v) is 4.67. The third-order valence-corrected chi connectivity index (χ3v) is 7.38. The van der Waals surface area contributed by atoms with Crippen LogP contribution in [0.5, 0.6) is 0 Å². The van der Waals surface area contributed by atoms with Crippen LogP contribution >= 0.6 is 0 Å². The summed E-state index contributed by atoms with van der Waals surface area (Å²) in [6.07, 6.45) is 2.74. The van der Waals surface area contributed by atoms with Crippen LogP contribution in [-0.4, -0.2) is 84.9 Å². The number of rotatable bonds is 23. The van der Waals surface area contributed by atoms with E-state index in [0.717, 1.165) is 16.8 Å². The maximum Gasteiger partial charge on any atom is 0.326 e. The van der Waals surface area contributed by atoms with Crippen molar-refractivity contribution in [3.63, 3.8) is 0 Å². The molecule has 0 bridgehead atoms. The van der Waals surface area contributed by atoms with Gasteiger partial charge in [0.1, 0.15) is 18.1 Å². The van der Waals surface area contributed by atoms with Crippen molar-refractivity contribution in [1.82, 2.24) is 36.3 Å². The third-order valence-electron chi connectivity index (χ3n) is 7.38. The summed E-state index contributed by atoms with van der Waals surface area (Å²) in [6.45, 7) is 7.11. The lowest BCUT2D eigenvalue weighted by Gasteiger charge is -2.22. The summed E-state index contributed by atoms with van der Waals surface area (Å²) in [7, 11) is 0. The number of amides is 4. The monoisotopic (exact) mass is 672 g/mol. The van der Waals surface area contributed by atoms with Gasteiger partial charge in [-0.1, -0.05) is 48.9 Å². The molecule has 8 N–H and O–H groups in total. The number of hydrogen-bond donors (Lipinski definition) is 7. The van der Waals surface area contributed by atoms with Gasteiger partial charge in [0.2, 0.25) is 23.6 Å². The summed E-state index contributed by atoms with van der Waals surface area (Å²) in [6, 6.07) is 3.98. The fraction of sp³-hybridized carbons (Fsp3) is 0.562. The number of unbranched alkanes of at least 4 members (excludes halogenated alkanes) is 1. The van der Waals surface area contributed by atoms with E-state index >= 15 is 0 Å². The highest BCUT2D eigenvalue weighted by Crippen LogP contribution is 2.09. The molecule has 0 aliphatic rings. The van der Waals surface area contributed by atoms with Crippen LogP contribution in [-0.2, 0) is 48.3 Å². The number of carbonyl (C=O) groups is 6. The van der Waals surface area contributed by atoms with E-state index in [1.807, 2.05) is 51.2 Å². The maximum atomic E-state index is 13.0. The Labute approximate surface area is 279 Å². The number of benzene rings is 1. The van der Waals surface area contributed by atoms with Crippen molar-refractivity contribution in [2.24, 2.45) is 5.73 Å². The number of carboxylic acid groups (broad SMARTS) is 2. The summed E-state index contributed by atoms with van der Waals surface area (Å²) in [5.74, 6) is -5.85. The van der Waals surface area contributed by atoms with E-state index in [9.17, 15) is 33.9 Å². The average Bonchev–Trinajstić information content (AvgIpc) is 3.47. The zero-order valence-corrected chi connectivity index (χ0v) is 27.7. The molecule has 16 nitrogen and oxygen atoms in total. The van der Waals surface area contributed by atoms with Crippen molar-refractivity contribution in [3.05, 3.63) is 47.3 Å². The minimum atomic E-state index is -1.72. The number of aromatic nitrogens is 3. The van der Waals surface area contributed by atoms with Crippen molar-refractivity contribution in [2.75, 3.05) is 0 Å². The van der Waals surface area contributed by atoms with E-state index in [4.69, 9.17) is 10.8 Å². The SMILES string of the molecule is Cc1ccc(CCCC(=O)NC(CCC(=O)O)C(=O)NC(CC(=O)NC(CCCCn2cc(CNC(C)C)nn2)C(N)=O)C(=O)O)cc1. The van der Waals surface area contributed by atoms with Crippen LogP contribution < -0.4 is 27.0 Å². The van der Waals surface area contributed by atoms with Crippen molar-refractivity contribution in [2.45, 2.75) is 116 Å². The van der Waals surface area contributed by atoms with E-state index in [0.29, 0.717) is 44.8 Å². The van der Waals surface area contributed by atoms with Crippen LogP contribution in [0.4, 0.5) is 0 Å². The van der Waals surface area contributed by atoms with Crippen molar-refractivity contribution >= 4 is 35.6 Å². The highest BCUT2D eigenvalue weighted by atomic mass is 16.4. The van der Waals surface area contributed by atoms with Gasteiger partial charge in [-0.25, -0.2) is 4.79 Å². The molecule has 264 valence electrons. The van der Waals surface area contributed by atoms with Gasteiger partial charge in [0.15, 0.2) is 0 Å². The molecule has 0 spiro atoms. The van der Waals surface area contributed by atoms with Crippen LogP contribution in [0.1, 0.15) is 82.0 Å². The Bertz CT molecular complexity index is 1380. The molecule has 0 saturated carbocycles. The van der Waals surface area contributed by atoms with Crippen molar-refractivity contribution < 1.29 is 39.0 Å². The van der Waals surface area contributed by atoms with Crippen LogP contribution in [0.15, 0.2) is 30.5 Å².